The van der Waals surface area contributed by atoms with E-state index in [1.165, 1.54) is 12.1 Å². The molecule has 2 heterocycles. The zero-order chi connectivity index (χ0) is 31.3. The third kappa shape index (κ3) is 7.86. The van der Waals surface area contributed by atoms with Crippen molar-refractivity contribution in [2.75, 3.05) is 13.1 Å². The average Bonchev–Trinajstić information content (AvgIpc) is 2.97. The van der Waals surface area contributed by atoms with Gasteiger partial charge in [-0.05, 0) is 37.6 Å². The molecular formula is C31H35F4N5O3. The summed E-state index contributed by atoms with van der Waals surface area (Å²) in [5, 5.41) is 2.91. The molecule has 43 heavy (non-hydrogen) atoms. The van der Waals surface area contributed by atoms with Crippen LogP contribution in [0.1, 0.15) is 38.8 Å². The number of carbonyl (C=O) groups excluding carboxylic acids is 2. The van der Waals surface area contributed by atoms with Crippen molar-refractivity contribution < 1.29 is 31.9 Å². The summed E-state index contributed by atoms with van der Waals surface area (Å²) in [6.45, 7) is 6.59. The molecule has 2 aromatic carbocycles. The van der Waals surface area contributed by atoms with E-state index in [2.05, 4.69) is 15.3 Å². The van der Waals surface area contributed by atoms with Gasteiger partial charge in [0.2, 0.25) is 11.8 Å². The van der Waals surface area contributed by atoms with E-state index < -0.39 is 36.1 Å². The highest BCUT2D eigenvalue weighted by molar-refractivity contribution is 5.89. The molecule has 0 aliphatic carbocycles. The lowest BCUT2D eigenvalue weighted by Crippen LogP contribution is -2.64. The van der Waals surface area contributed by atoms with Gasteiger partial charge in [-0.1, -0.05) is 44.2 Å². The van der Waals surface area contributed by atoms with E-state index >= 15 is 0 Å². The van der Waals surface area contributed by atoms with Gasteiger partial charge in [-0.15, -0.1) is 0 Å². The molecule has 4 rings (SSSR count). The lowest BCUT2D eigenvalue weighted by Gasteiger charge is -2.45. The molecule has 1 saturated heterocycles. The highest BCUT2D eigenvalue weighted by atomic mass is 19.4. The van der Waals surface area contributed by atoms with Crippen LogP contribution in [0.5, 0.6) is 5.75 Å². The highest BCUT2D eigenvalue weighted by Crippen LogP contribution is 2.31. The molecule has 0 radical (unpaired) electrons. The fraction of sp³-hybridized carbons (Fsp3) is 0.419. The number of nitrogens with zero attached hydrogens (tertiary/aromatic N) is 4. The standard InChI is InChI=1S/C31H35F4N5O3/c1-19(2)30(42)40-20(3)16-39(17-24-25(32)7-5-8-27(24)43-21(4)31(33,34)35)18-26(40)29(41)38-15-22-9-11-23(12-10-22)28-36-13-6-14-37-28/h5-14,19-21,26H,15-18H2,1-4H3,(H,38,41)/t20-,21?,26-/m1/s1. The fourth-order valence-electron chi connectivity index (χ4n) is 4.99. The summed E-state index contributed by atoms with van der Waals surface area (Å²) in [4.78, 5) is 38.5. The van der Waals surface area contributed by atoms with Gasteiger partial charge in [0.1, 0.15) is 17.6 Å². The van der Waals surface area contributed by atoms with Gasteiger partial charge in [-0.25, -0.2) is 14.4 Å². The molecule has 3 atom stereocenters. The molecule has 230 valence electrons. The minimum Gasteiger partial charge on any atom is -0.481 e. The number of hydrogen-bond acceptors (Lipinski definition) is 6. The number of aromatic nitrogens is 2. The van der Waals surface area contributed by atoms with Crippen LogP contribution in [-0.2, 0) is 22.7 Å². The van der Waals surface area contributed by atoms with Crippen LogP contribution in [0.3, 0.4) is 0 Å². The van der Waals surface area contributed by atoms with Gasteiger partial charge in [-0.3, -0.25) is 14.5 Å². The lowest BCUT2D eigenvalue weighted by molar-refractivity contribution is -0.189. The van der Waals surface area contributed by atoms with Crippen LogP contribution in [0.25, 0.3) is 11.4 Å². The smallest absolute Gasteiger partial charge is 0.425 e. The molecule has 0 saturated carbocycles. The molecule has 2 amide bonds. The monoisotopic (exact) mass is 601 g/mol. The van der Waals surface area contributed by atoms with Crippen molar-refractivity contribution >= 4 is 11.8 Å². The number of hydrogen-bond donors (Lipinski definition) is 1. The molecule has 1 aliphatic rings. The van der Waals surface area contributed by atoms with Crippen molar-refractivity contribution in [1.29, 1.82) is 0 Å². The Balaban J connectivity index is 1.51. The van der Waals surface area contributed by atoms with Crippen molar-refractivity contribution in [3.8, 4) is 17.1 Å². The van der Waals surface area contributed by atoms with Crippen LogP contribution in [0.15, 0.2) is 60.9 Å². The van der Waals surface area contributed by atoms with E-state index in [0.717, 1.165) is 24.1 Å². The molecule has 3 aromatic rings. The Morgan fingerprint density at radius 2 is 1.70 bits per heavy atom. The molecule has 0 spiro atoms. The molecule has 12 heteroatoms. The van der Waals surface area contributed by atoms with Crippen LogP contribution in [0.4, 0.5) is 17.6 Å². The number of rotatable bonds is 9. The second kappa shape index (κ2) is 13.5. The van der Waals surface area contributed by atoms with E-state index in [-0.39, 0.29) is 49.3 Å². The first-order valence-electron chi connectivity index (χ1n) is 14.0. The number of piperazine rings is 1. The van der Waals surface area contributed by atoms with Gasteiger partial charge in [0.05, 0.1) is 0 Å². The van der Waals surface area contributed by atoms with Crippen molar-refractivity contribution in [3.63, 3.8) is 0 Å². The Bertz CT molecular complexity index is 1400. The normalized spacial score (nSPS) is 18.4. The van der Waals surface area contributed by atoms with Crippen LogP contribution in [0, 0.1) is 11.7 Å². The lowest BCUT2D eigenvalue weighted by atomic mass is 10.0. The number of halogens is 4. The summed E-state index contributed by atoms with van der Waals surface area (Å²) in [6.07, 6.45) is -3.46. The Morgan fingerprint density at radius 1 is 1.02 bits per heavy atom. The van der Waals surface area contributed by atoms with Crippen molar-refractivity contribution in [2.24, 2.45) is 5.92 Å². The van der Waals surface area contributed by atoms with Crippen molar-refractivity contribution in [3.05, 3.63) is 77.9 Å². The average molecular weight is 602 g/mol. The largest absolute Gasteiger partial charge is 0.481 e. The molecule has 1 unspecified atom stereocenters. The summed E-state index contributed by atoms with van der Waals surface area (Å²) in [6, 6.07) is 11.5. The Hall–Kier alpha value is -4.06. The molecule has 1 aliphatic heterocycles. The molecular weight excluding hydrogens is 566 g/mol. The first-order chi connectivity index (χ1) is 20.3. The summed E-state index contributed by atoms with van der Waals surface area (Å²) >= 11 is 0. The number of alkyl halides is 3. The van der Waals surface area contributed by atoms with Gasteiger partial charge in [0.15, 0.2) is 11.9 Å². The maximum Gasteiger partial charge on any atom is 0.425 e. The first kappa shape index (κ1) is 31.9. The predicted molar refractivity (Wildman–Crippen MR) is 152 cm³/mol. The van der Waals surface area contributed by atoms with Crippen LogP contribution < -0.4 is 10.1 Å². The minimum absolute atomic E-state index is 0.0453. The van der Waals surface area contributed by atoms with Gasteiger partial charge in [-0.2, -0.15) is 13.2 Å². The molecule has 1 aromatic heterocycles. The second-order valence-electron chi connectivity index (χ2n) is 11.0. The zero-order valence-electron chi connectivity index (χ0n) is 24.4. The van der Waals surface area contributed by atoms with Crippen LogP contribution in [-0.4, -0.2) is 69.0 Å². The minimum atomic E-state index is -4.63. The van der Waals surface area contributed by atoms with Gasteiger partial charge in [0.25, 0.3) is 0 Å². The molecule has 8 nitrogen and oxygen atoms in total. The summed E-state index contributed by atoms with van der Waals surface area (Å²) in [5.74, 6) is -1.32. The molecule has 0 bridgehead atoms. The number of ether oxygens (including phenoxy) is 1. The molecule has 1 N–H and O–H groups in total. The first-order valence-corrected chi connectivity index (χ1v) is 14.0. The Kier molecular flexibility index (Phi) is 10.0. The summed E-state index contributed by atoms with van der Waals surface area (Å²) < 4.78 is 59.6. The second-order valence-corrected chi connectivity index (χ2v) is 11.0. The number of nitrogens with one attached hydrogen (secondary N) is 1. The van der Waals surface area contributed by atoms with Crippen LogP contribution >= 0.6 is 0 Å². The van der Waals surface area contributed by atoms with Gasteiger partial charge < -0.3 is 15.0 Å². The third-order valence-electron chi connectivity index (χ3n) is 7.28. The van der Waals surface area contributed by atoms with Gasteiger partial charge >= 0.3 is 6.18 Å². The van der Waals surface area contributed by atoms with Crippen molar-refractivity contribution in [1.82, 2.24) is 25.1 Å². The van der Waals surface area contributed by atoms with E-state index in [0.29, 0.717) is 5.82 Å². The maximum absolute atomic E-state index is 14.9. The molecule has 1 fully saturated rings. The Morgan fingerprint density at radius 3 is 2.33 bits per heavy atom. The fourth-order valence-corrected chi connectivity index (χ4v) is 4.99. The van der Waals surface area contributed by atoms with E-state index in [9.17, 15) is 27.2 Å². The number of benzene rings is 2. The SMILES string of the molecule is CC(C)C(=O)N1[C@H](C)CN(Cc2c(F)cccc2OC(C)C(F)(F)F)C[C@@H]1C(=O)NCc1ccc(-c2ncccn2)cc1. The summed E-state index contributed by atoms with van der Waals surface area (Å²) in [7, 11) is 0. The predicted octanol–water partition coefficient (Wildman–Crippen LogP) is 4.99. The van der Waals surface area contributed by atoms with E-state index in [4.69, 9.17) is 4.74 Å². The Labute approximate surface area is 248 Å². The van der Waals surface area contributed by atoms with Crippen LogP contribution in [0.2, 0.25) is 0 Å². The zero-order valence-corrected chi connectivity index (χ0v) is 24.4. The van der Waals surface area contributed by atoms with Gasteiger partial charge in [0, 0.05) is 61.7 Å². The third-order valence-corrected chi connectivity index (χ3v) is 7.28. The highest BCUT2D eigenvalue weighted by Gasteiger charge is 2.41. The summed E-state index contributed by atoms with van der Waals surface area (Å²) in [5.41, 5.74) is 1.60. The topological polar surface area (TPSA) is 87.7 Å². The quantitative estimate of drug-likeness (QED) is 0.348. The van der Waals surface area contributed by atoms with Crippen molar-refractivity contribution in [2.45, 2.75) is 65.1 Å². The number of amides is 2. The van der Waals surface area contributed by atoms with E-state index in [1.807, 2.05) is 24.3 Å². The number of carbonyl (C=O) groups is 2. The van der Waals surface area contributed by atoms with E-state index in [1.54, 1.807) is 49.0 Å². The maximum atomic E-state index is 14.9.